The molecule has 0 spiro atoms. The highest BCUT2D eigenvalue weighted by Gasteiger charge is 2.37. The molecule has 0 aromatic carbocycles. The van der Waals surface area contributed by atoms with Crippen molar-refractivity contribution in [3.63, 3.8) is 0 Å². The number of allylic oxidation sites excluding steroid dienone is 1. The Morgan fingerprint density at radius 2 is 2.18 bits per heavy atom. The maximum absolute atomic E-state index is 12.0. The second-order valence-electron chi connectivity index (χ2n) is 3.95. The molecule has 0 bridgehead atoms. The zero-order valence-corrected chi connectivity index (χ0v) is 10.9. The van der Waals surface area contributed by atoms with Gasteiger partial charge in [-0.15, -0.1) is 0 Å². The van der Waals surface area contributed by atoms with E-state index in [2.05, 4.69) is 10.6 Å². The number of hydrogen-bond acceptors (Lipinski definition) is 4. The Balaban J connectivity index is 2.77. The highest BCUT2D eigenvalue weighted by molar-refractivity contribution is 5.84. The zero-order valence-electron chi connectivity index (χ0n) is 10.9. The van der Waals surface area contributed by atoms with Crippen molar-refractivity contribution < 1.29 is 9.53 Å². The highest BCUT2D eigenvalue weighted by Crippen LogP contribution is 2.21. The third-order valence-corrected chi connectivity index (χ3v) is 2.70. The summed E-state index contributed by atoms with van der Waals surface area (Å²) in [4.78, 5) is 12.0. The number of esters is 1. The van der Waals surface area contributed by atoms with Crippen LogP contribution < -0.4 is 10.6 Å². The standard InChI is InChI=1S/C13H22N2O2/c1-4-14-11-7-9-13(10-8-11,15-5-2)12(16)17-6-3/h7-9,14-15H,4-6,10H2,1-3H3. The molecule has 2 N–H and O–H groups in total. The van der Waals surface area contributed by atoms with Crippen molar-refractivity contribution in [2.75, 3.05) is 19.7 Å². The molecule has 1 rings (SSSR count). The van der Waals surface area contributed by atoms with Crippen LogP contribution in [0.2, 0.25) is 0 Å². The number of likely N-dealkylation sites (N-methyl/N-ethyl adjacent to an activating group) is 2. The third kappa shape index (κ3) is 3.33. The second-order valence-corrected chi connectivity index (χ2v) is 3.95. The lowest BCUT2D eigenvalue weighted by Gasteiger charge is -2.30. The molecule has 0 amide bonds. The van der Waals surface area contributed by atoms with Crippen molar-refractivity contribution in [1.29, 1.82) is 0 Å². The predicted octanol–water partition coefficient (Wildman–Crippen LogP) is 1.35. The first-order valence-electron chi connectivity index (χ1n) is 6.24. The lowest BCUT2D eigenvalue weighted by Crippen LogP contribution is -2.52. The lowest BCUT2D eigenvalue weighted by atomic mass is 9.90. The minimum absolute atomic E-state index is 0.204. The molecule has 1 unspecified atom stereocenters. The minimum Gasteiger partial charge on any atom is -0.464 e. The Bertz CT molecular complexity index is 323. The number of nitrogens with one attached hydrogen (secondary N) is 2. The van der Waals surface area contributed by atoms with Crippen molar-refractivity contribution in [3.05, 3.63) is 23.9 Å². The van der Waals surface area contributed by atoms with Crippen LogP contribution in [0.25, 0.3) is 0 Å². The first-order valence-corrected chi connectivity index (χ1v) is 6.24. The molecule has 0 heterocycles. The van der Waals surface area contributed by atoms with E-state index in [-0.39, 0.29) is 5.97 Å². The molecule has 0 aromatic heterocycles. The van der Waals surface area contributed by atoms with Gasteiger partial charge in [-0.1, -0.05) is 19.1 Å². The third-order valence-electron chi connectivity index (χ3n) is 2.70. The van der Waals surface area contributed by atoms with Crippen LogP contribution in [0.3, 0.4) is 0 Å². The molecule has 0 fully saturated rings. The van der Waals surface area contributed by atoms with Crippen molar-refractivity contribution in [2.24, 2.45) is 0 Å². The summed E-state index contributed by atoms with van der Waals surface area (Å²) in [6, 6.07) is 0. The summed E-state index contributed by atoms with van der Waals surface area (Å²) in [7, 11) is 0. The summed E-state index contributed by atoms with van der Waals surface area (Å²) in [5.74, 6) is -0.204. The van der Waals surface area contributed by atoms with Gasteiger partial charge >= 0.3 is 5.97 Å². The summed E-state index contributed by atoms with van der Waals surface area (Å²) < 4.78 is 5.13. The zero-order chi connectivity index (χ0) is 12.7. The number of ether oxygens (including phenoxy) is 1. The average Bonchev–Trinajstić information content (AvgIpc) is 2.33. The van der Waals surface area contributed by atoms with Gasteiger partial charge in [0.05, 0.1) is 6.61 Å². The summed E-state index contributed by atoms with van der Waals surface area (Å²) >= 11 is 0. The normalized spacial score (nSPS) is 23.1. The van der Waals surface area contributed by atoms with E-state index in [1.165, 1.54) is 0 Å². The van der Waals surface area contributed by atoms with Crippen LogP contribution in [-0.2, 0) is 9.53 Å². The number of hydrogen-bond donors (Lipinski definition) is 2. The van der Waals surface area contributed by atoms with Gasteiger partial charge in [0.25, 0.3) is 0 Å². The van der Waals surface area contributed by atoms with Gasteiger partial charge < -0.3 is 10.1 Å². The van der Waals surface area contributed by atoms with Gasteiger partial charge in [-0.3, -0.25) is 5.32 Å². The predicted molar refractivity (Wildman–Crippen MR) is 68.6 cm³/mol. The molecule has 0 radical (unpaired) electrons. The summed E-state index contributed by atoms with van der Waals surface area (Å²) in [5, 5.41) is 6.44. The van der Waals surface area contributed by atoms with Gasteiger partial charge in [-0.05, 0) is 26.5 Å². The fourth-order valence-electron chi connectivity index (χ4n) is 1.90. The summed E-state index contributed by atoms with van der Waals surface area (Å²) in [6.07, 6.45) is 6.49. The van der Waals surface area contributed by atoms with Crippen LogP contribution in [0, 0.1) is 0 Å². The smallest absolute Gasteiger partial charge is 0.330 e. The topological polar surface area (TPSA) is 50.4 Å². The Morgan fingerprint density at radius 3 is 2.65 bits per heavy atom. The van der Waals surface area contributed by atoms with Crippen molar-refractivity contribution in [1.82, 2.24) is 10.6 Å². The Kier molecular flexibility index (Phi) is 5.22. The first kappa shape index (κ1) is 13.8. The van der Waals surface area contributed by atoms with Gasteiger partial charge in [0.1, 0.15) is 5.54 Å². The van der Waals surface area contributed by atoms with E-state index in [1.807, 2.05) is 39.0 Å². The van der Waals surface area contributed by atoms with Gasteiger partial charge in [0, 0.05) is 18.7 Å². The van der Waals surface area contributed by atoms with Crippen molar-refractivity contribution >= 4 is 5.97 Å². The Hall–Kier alpha value is -1.29. The fourth-order valence-corrected chi connectivity index (χ4v) is 1.90. The quantitative estimate of drug-likeness (QED) is 0.686. The summed E-state index contributed by atoms with van der Waals surface area (Å²) in [5.41, 5.74) is 0.370. The van der Waals surface area contributed by atoms with Crippen LogP contribution in [0.4, 0.5) is 0 Å². The van der Waals surface area contributed by atoms with Gasteiger partial charge in [0.2, 0.25) is 0 Å². The maximum atomic E-state index is 12.0. The molecule has 0 saturated heterocycles. The Morgan fingerprint density at radius 1 is 1.41 bits per heavy atom. The molecule has 0 saturated carbocycles. The lowest BCUT2D eigenvalue weighted by molar-refractivity contribution is -0.149. The first-order chi connectivity index (χ1) is 8.18. The number of rotatable bonds is 6. The SMILES string of the molecule is CCNC1=CCC(NCC)(C(=O)OCC)C=C1. The van der Waals surface area contributed by atoms with Crippen LogP contribution in [0.5, 0.6) is 0 Å². The maximum Gasteiger partial charge on any atom is 0.330 e. The Labute approximate surface area is 103 Å². The molecule has 1 atom stereocenters. The monoisotopic (exact) mass is 238 g/mol. The molecule has 1 aliphatic rings. The molecule has 0 aromatic rings. The molecular formula is C13H22N2O2. The van der Waals surface area contributed by atoms with E-state index in [0.29, 0.717) is 13.0 Å². The second kappa shape index (κ2) is 6.45. The van der Waals surface area contributed by atoms with E-state index in [1.54, 1.807) is 0 Å². The van der Waals surface area contributed by atoms with Crippen LogP contribution in [-0.4, -0.2) is 31.2 Å². The molecule has 4 heteroatoms. The van der Waals surface area contributed by atoms with E-state index < -0.39 is 5.54 Å². The van der Waals surface area contributed by atoms with Crippen LogP contribution >= 0.6 is 0 Å². The largest absolute Gasteiger partial charge is 0.464 e. The molecule has 17 heavy (non-hydrogen) atoms. The molecule has 96 valence electrons. The fraction of sp³-hybridized carbons (Fsp3) is 0.615. The highest BCUT2D eigenvalue weighted by atomic mass is 16.5. The summed E-state index contributed by atoms with van der Waals surface area (Å²) in [6.45, 7) is 7.87. The van der Waals surface area contributed by atoms with E-state index in [0.717, 1.165) is 18.8 Å². The van der Waals surface area contributed by atoms with E-state index in [9.17, 15) is 4.79 Å². The molecule has 4 nitrogen and oxygen atoms in total. The van der Waals surface area contributed by atoms with E-state index >= 15 is 0 Å². The van der Waals surface area contributed by atoms with Crippen LogP contribution in [0.1, 0.15) is 27.2 Å². The molecule has 1 aliphatic carbocycles. The van der Waals surface area contributed by atoms with Gasteiger partial charge in [-0.2, -0.15) is 0 Å². The van der Waals surface area contributed by atoms with E-state index in [4.69, 9.17) is 4.74 Å². The minimum atomic E-state index is -0.691. The van der Waals surface area contributed by atoms with Crippen LogP contribution in [0.15, 0.2) is 23.9 Å². The van der Waals surface area contributed by atoms with Crippen molar-refractivity contribution in [2.45, 2.75) is 32.7 Å². The van der Waals surface area contributed by atoms with Crippen molar-refractivity contribution in [3.8, 4) is 0 Å². The number of carbonyl (C=O) groups excluding carboxylic acids is 1. The number of carbonyl (C=O) groups is 1. The van der Waals surface area contributed by atoms with Gasteiger partial charge in [0.15, 0.2) is 0 Å². The van der Waals surface area contributed by atoms with Gasteiger partial charge in [-0.25, -0.2) is 4.79 Å². The molecule has 0 aliphatic heterocycles. The molecular weight excluding hydrogens is 216 g/mol. The average molecular weight is 238 g/mol.